The second kappa shape index (κ2) is 7.63. The van der Waals surface area contributed by atoms with Gasteiger partial charge in [-0.15, -0.1) is 11.3 Å². The number of anilines is 1. The first-order valence-corrected chi connectivity index (χ1v) is 10.6. The van der Waals surface area contributed by atoms with Gasteiger partial charge >= 0.3 is 6.09 Å². The van der Waals surface area contributed by atoms with Crippen molar-refractivity contribution in [2.45, 2.75) is 26.1 Å². The van der Waals surface area contributed by atoms with Gasteiger partial charge in [-0.1, -0.05) is 15.9 Å². The highest BCUT2D eigenvalue weighted by Gasteiger charge is 2.35. The zero-order valence-electron chi connectivity index (χ0n) is 15.5. The predicted octanol–water partition coefficient (Wildman–Crippen LogP) is 3.89. The van der Waals surface area contributed by atoms with Crippen molar-refractivity contribution >= 4 is 44.3 Å². The Bertz CT molecular complexity index is 946. The molecule has 0 fully saturated rings. The monoisotopic (exact) mass is 465 g/mol. The van der Waals surface area contributed by atoms with E-state index in [1.165, 1.54) is 11.3 Å². The van der Waals surface area contributed by atoms with Crippen molar-refractivity contribution in [3.8, 4) is 5.75 Å². The van der Waals surface area contributed by atoms with Gasteiger partial charge < -0.3 is 25.0 Å². The number of thiophene rings is 1. The van der Waals surface area contributed by atoms with Crippen molar-refractivity contribution in [1.82, 2.24) is 10.2 Å². The Hall–Kier alpha value is -2.26. The third kappa shape index (κ3) is 3.33. The lowest BCUT2D eigenvalue weighted by atomic mass is 10.0. The summed E-state index contributed by atoms with van der Waals surface area (Å²) in [4.78, 5) is 27.7. The predicted molar refractivity (Wildman–Crippen MR) is 110 cm³/mol. The average molecular weight is 466 g/mol. The van der Waals surface area contributed by atoms with E-state index >= 15 is 0 Å². The number of hydrogen-bond acceptors (Lipinski definition) is 6. The van der Waals surface area contributed by atoms with E-state index < -0.39 is 6.17 Å². The Morgan fingerprint density at radius 3 is 2.96 bits per heavy atom. The fourth-order valence-electron chi connectivity index (χ4n) is 3.57. The molecule has 0 bridgehead atoms. The van der Waals surface area contributed by atoms with Crippen LogP contribution in [0, 0.1) is 0 Å². The van der Waals surface area contributed by atoms with Crippen molar-refractivity contribution in [3.05, 3.63) is 44.2 Å². The normalized spacial score (nSPS) is 17.9. The number of methoxy groups -OCH3 is 1. The van der Waals surface area contributed by atoms with Gasteiger partial charge in [0.25, 0.3) is 5.91 Å². The highest BCUT2D eigenvalue weighted by molar-refractivity contribution is 9.10. The van der Waals surface area contributed by atoms with Crippen LogP contribution in [0.2, 0.25) is 0 Å². The van der Waals surface area contributed by atoms with E-state index in [1.54, 1.807) is 18.9 Å². The minimum absolute atomic E-state index is 0.108. The first-order chi connectivity index (χ1) is 13.5. The van der Waals surface area contributed by atoms with E-state index in [2.05, 4.69) is 26.6 Å². The summed E-state index contributed by atoms with van der Waals surface area (Å²) in [6.45, 7) is 3.15. The quantitative estimate of drug-likeness (QED) is 0.718. The zero-order valence-corrected chi connectivity index (χ0v) is 17.9. The van der Waals surface area contributed by atoms with Crippen LogP contribution in [0.5, 0.6) is 5.75 Å². The minimum Gasteiger partial charge on any atom is -0.496 e. The Balaban J connectivity index is 1.63. The third-order valence-corrected chi connectivity index (χ3v) is 6.50. The summed E-state index contributed by atoms with van der Waals surface area (Å²) in [6.07, 6.45) is -0.0673. The maximum Gasteiger partial charge on any atom is 0.410 e. The number of carbonyl (C=O) groups excluding carboxylic acids is 2. The number of fused-ring (bicyclic) bond motifs is 3. The molecule has 0 aliphatic carbocycles. The molecule has 2 aromatic rings. The van der Waals surface area contributed by atoms with Gasteiger partial charge in [0, 0.05) is 21.5 Å². The molecular formula is C19H20BrN3O4S. The number of amides is 2. The second-order valence-electron chi connectivity index (χ2n) is 6.52. The van der Waals surface area contributed by atoms with Gasteiger partial charge in [-0.3, -0.25) is 4.79 Å². The molecular weight excluding hydrogens is 446 g/mol. The number of nitrogens with zero attached hydrogens (tertiary/aromatic N) is 1. The molecule has 0 unspecified atom stereocenters. The topological polar surface area (TPSA) is 79.9 Å². The van der Waals surface area contributed by atoms with Crippen LogP contribution < -0.4 is 15.4 Å². The lowest BCUT2D eigenvalue weighted by Gasteiger charge is -2.29. The van der Waals surface area contributed by atoms with Crippen LogP contribution >= 0.6 is 27.3 Å². The van der Waals surface area contributed by atoms with Gasteiger partial charge in [0.15, 0.2) is 0 Å². The van der Waals surface area contributed by atoms with E-state index in [0.29, 0.717) is 37.4 Å². The molecule has 9 heteroatoms. The van der Waals surface area contributed by atoms with Gasteiger partial charge in [0.2, 0.25) is 0 Å². The SMILES string of the molecule is CCOC(=O)N1CCc2c(sc3c2C(=O)N[C@@H](c2cc(Br)ccc2OC)N3)C1. The third-order valence-electron chi connectivity index (χ3n) is 4.86. The number of benzene rings is 1. The van der Waals surface area contributed by atoms with Crippen molar-refractivity contribution in [3.63, 3.8) is 0 Å². The maximum absolute atomic E-state index is 12.9. The molecule has 7 nitrogen and oxygen atoms in total. The van der Waals surface area contributed by atoms with Crippen molar-refractivity contribution in [2.24, 2.45) is 0 Å². The Morgan fingerprint density at radius 1 is 1.39 bits per heavy atom. The molecule has 2 amide bonds. The maximum atomic E-state index is 12.9. The first-order valence-electron chi connectivity index (χ1n) is 8.98. The summed E-state index contributed by atoms with van der Waals surface area (Å²) in [5.74, 6) is 0.585. The molecule has 0 radical (unpaired) electrons. The summed E-state index contributed by atoms with van der Waals surface area (Å²) in [7, 11) is 1.61. The molecule has 2 N–H and O–H groups in total. The van der Waals surface area contributed by atoms with Gasteiger partial charge in [-0.05, 0) is 37.1 Å². The second-order valence-corrected chi connectivity index (χ2v) is 8.54. The van der Waals surface area contributed by atoms with Crippen LogP contribution in [-0.2, 0) is 17.7 Å². The van der Waals surface area contributed by atoms with E-state index in [4.69, 9.17) is 9.47 Å². The number of halogens is 1. The first kappa shape index (κ1) is 19.1. The molecule has 1 aromatic heterocycles. The smallest absolute Gasteiger partial charge is 0.410 e. The molecule has 28 heavy (non-hydrogen) atoms. The summed E-state index contributed by atoms with van der Waals surface area (Å²) < 4.78 is 11.5. The molecule has 0 saturated carbocycles. The zero-order chi connectivity index (χ0) is 19.8. The molecule has 0 saturated heterocycles. The molecule has 1 aromatic carbocycles. The van der Waals surface area contributed by atoms with Gasteiger partial charge in [0.1, 0.15) is 16.9 Å². The van der Waals surface area contributed by atoms with Gasteiger partial charge in [0.05, 0.1) is 25.8 Å². The largest absolute Gasteiger partial charge is 0.496 e. The van der Waals surface area contributed by atoms with Crippen molar-refractivity contribution in [2.75, 3.05) is 25.6 Å². The van der Waals surface area contributed by atoms with Crippen molar-refractivity contribution < 1.29 is 19.1 Å². The Kier molecular flexibility index (Phi) is 5.20. The lowest BCUT2D eigenvalue weighted by molar-refractivity contribution is 0.0933. The fraction of sp³-hybridized carbons (Fsp3) is 0.368. The average Bonchev–Trinajstić information content (AvgIpc) is 3.06. The summed E-state index contributed by atoms with van der Waals surface area (Å²) in [5, 5.41) is 7.28. The highest BCUT2D eigenvalue weighted by Crippen LogP contribution is 2.42. The van der Waals surface area contributed by atoms with Crippen LogP contribution in [0.15, 0.2) is 22.7 Å². The fourth-order valence-corrected chi connectivity index (χ4v) is 5.24. The van der Waals surface area contributed by atoms with Crippen LogP contribution in [0.1, 0.15) is 39.5 Å². The van der Waals surface area contributed by atoms with E-state index in [0.717, 1.165) is 25.5 Å². The van der Waals surface area contributed by atoms with Gasteiger partial charge in [-0.25, -0.2) is 4.79 Å². The molecule has 2 aliphatic rings. The van der Waals surface area contributed by atoms with Crippen molar-refractivity contribution in [1.29, 1.82) is 0 Å². The number of carbonyl (C=O) groups is 2. The molecule has 148 valence electrons. The van der Waals surface area contributed by atoms with Crippen LogP contribution in [-0.4, -0.2) is 37.2 Å². The van der Waals surface area contributed by atoms with Crippen LogP contribution in [0.25, 0.3) is 0 Å². The minimum atomic E-state index is -0.395. The summed E-state index contributed by atoms with van der Waals surface area (Å²) in [6, 6.07) is 5.68. The Morgan fingerprint density at radius 2 is 2.21 bits per heavy atom. The summed E-state index contributed by atoms with van der Waals surface area (Å²) >= 11 is 5.00. The number of ether oxygens (including phenoxy) is 2. The number of nitrogens with one attached hydrogen (secondary N) is 2. The number of rotatable bonds is 3. The molecule has 4 rings (SSSR count). The number of hydrogen-bond donors (Lipinski definition) is 2. The molecule has 0 spiro atoms. The highest BCUT2D eigenvalue weighted by atomic mass is 79.9. The standard InChI is InChI=1S/C19H20BrN3O4S/c1-3-27-19(25)23-7-6-11-14(9-23)28-18-15(11)17(24)21-16(22-18)12-8-10(20)4-5-13(12)26-2/h4-5,8,16,22H,3,6-7,9H2,1-2H3,(H,21,24)/t16-/m1/s1. The molecule has 3 heterocycles. The van der Waals surface area contributed by atoms with Gasteiger partial charge in [-0.2, -0.15) is 0 Å². The van der Waals surface area contributed by atoms with E-state index in [1.807, 2.05) is 18.2 Å². The van der Waals surface area contributed by atoms with Crippen LogP contribution in [0.4, 0.5) is 9.80 Å². The van der Waals surface area contributed by atoms with Crippen LogP contribution in [0.3, 0.4) is 0 Å². The Labute approximate surface area is 175 Å². The molecule has 2 aliphatic heterocycles. The lowest BCUT2D eigenvalue weighted by Crippen LogP contribution is -2.39. The van der Waals surface area contributed by atoms with E-state index in [9.17, 15) is 9.59 Å². The van der Waals surface area contributed by atoms with E-state index in [-0.39, 0.29) is 12.0 Å². The molecule has 1 atom stereocenters. The summed E-state index contributed by atoms with van der Waals surface area (Å²) in [5.41, 5.74) is 2.55.